The molecule has 1 aromatic rings. The number of hydrogen-bond donors (Lipinski definition) is 0. The second-order valence-electron chi connectivity index (χ2n) is 3.07. The molecule has 1 aliphatic rings. The fourth-order valence-corrected chi connectivity index (χ4v) is 1.17. The van der Waals surface area contributed by atoms with Gasteiger partial charge in [-0.2, -0.15) is 5.10 Å². The van der Waals surface area contributed by atoms with E-state index >= 15 is 0 Å². The van der Waals surface area contributed by atoms with Crippen LogP contribution in [0.15, 0.2) is 17.3 Å². The number of aromatic nitrogens is 2. The van der Waals surface area contributed by atoms with Gasteiger partial charge in [-0.3, -0.25) is 0 Å². The van der Waals surface area contributed by atoms with E-state index in [2.05, 4.69) is 23.1 Å². The number of nitrogens with zero attached hydrogens (tertiary/aromatic N) is 3. The Morgan fingerprint density at radius 3 is 3.17 bits per heavy atom. The number of fused-ring (bicyclic) bond motifs is 1. The molecule has 0 amide bonds. The first-order valence-electron chi connectivity index (χ1n) is 4.04. The summed E-state index contributed by atoms with van der Waals surface area (Å²) in [6.45, 7) is 4.11. The van der Waals surface area contributed by atoms with Crippen LogP contribution in [0.1, 0.15) is 12.5 Å². The van der Waals surface area contributed by atoms with Gasteiger partial charge in [0.25, 0.3) is 0 Å². The van der Waals surface area contributed by atoms with Gasteiger partial charge >= 0.3 is 0 Å². The number of allylic oxidation sites excluding steroid dienone is 1. The van der Waals surface area contributed by atoms with Crippen molar-refractivity contribution in [1.82, 2.24) is 9.78 Å². The van der Waals surface area contributed by atoms with Crippen molar-refractivity contribution < 1.29 is 0 Å². The van der Waals surface area contributed by atoms with Gasteiger partial charge in [0.2, 0.25) is 0 Å². The first-order valence-corrected chi connectivity index (χ1v) is 4.04. The maximum absolute atomic E-state index is 4.34. The zero-order valence-electron chi connectivity index (χ0n) is 7.23. The second-order valence-corrected chi connectivity index (χ2v) is 3.07. The molecule has 2 heterocycles. The first-order chi connectivity index (χ1) is 5.77. The maximum Gasteiger partial charge on any atom is 0.157 e. The monoisotopic (exact) mass is 161 g/mol. The van der Waals surface area contributed by atoms with E-state index in [4.69, 9.17) is 0 Å². The summed E-state index contributed by atoms with van der Waals surface area (Å²) in [4.78, 5) is 4.34. The minimum Gasteiger partial charge on any atom is -0.241 e. The summed E-state index contributed by atoms with van der Waals surface area (Å²) >= 11 is 0. The van der Waals surface area contributed by atoms with Gasteiger partial charge in [0.05, 0.1) is 6.20 Å². The van der Waals surface area contributed by atoms with Crippen LogP contribution < -0.4 is 0 Å². The summed E-state index contributed by atoms with van der Waals surface area (Å²) in [5.74, 6) is 1.33. The molecular weight excluding hydrogens is 150 g/mol. The van der Waals surface area contributed by atoms with Gasteiger partial charge in [0, 0.05) is 23.9 Å². The third-order valence-corrected chi connectivity index (χ3v) is 1.91. The molecule has 0 aromatic carbocycles. The van der Waals surface area contributed by atoms with E-state index in [0.717, 1.165) is 11.4 Å². The van der Waals surface area contributed by atoms with Crippen molar-refractivity contribution in [3.63, 3.8) is 0 Å². The van der Waals surface area contributed by atoms with Crippen LogP contribution >= 0.6 is 0 Å². The first kappa shape index (κ1) is 7.28. The highest BCUT2D eigenvalue weighted by Gasteiger charge is 2.06. The lowest BCUT2D eigenvalue weighted by Crippen LogP contribution is -1.87. The SMILES string of the molecule is Cc1cnn2c1N=CC(C)C=C2. The Bertz CT molecular complexity index is 347. The van der Waals surface area contributed by atoms with E-state index in [0.29, 0.717) is 5.92 Å². The van der Waals surface area contributed by atoms with Crippen molar-refractivity contribution in [2.45, 2.75) is 13.8 Å². The minimum atomic E-state index is 0.395. The Labute approximate surface area is 71.4 Å². The van der Waals surface area contributed by atoms with Crippen LogP contribution in [-0.2, 0) is 0 Å². The van der Waals surface area contributed by atoms with Crippen molar-refractivity contribution in [3.05, 3.63) is 17.8 Å². The molecule has 0 bridgehead atoms. The van der Waals surface area contributed by atoms with E-state index in [1.807, 2.05) is 25.5 Å². The molecule has 0 N–H and O–H groups in total. The van der Waals surface area contributed by atoms with Gasteiger partial charge in [-0.1, -0.05) is 13.0 Å². The Morgan fingerprint density at radius 1 is 1.50 bits per heavy atom. The number of aliphatic imine (C=N–C) groups is 1. The summed E-state index contributed by atoms with van der Waals surface area (Å²) < 4.78 is 1.80. The second kappa shape index (κ2) is 2.59. The van der Waals surface area contributed by atoms with E-state index in [-0.39, 0.29) is 0 Å². The van der Waals surface area contributed by atoms with Gasteiger partial charge in [-0.25, -0.2) is 9.67 Å². The number of aryl methyl sites for hydroxylation is 1. The maximum atomic E-state index is 4.34. The van der Waals surface area contributed by atoms with Crippen LogP contribution in [0.2, 0.25) is 0 Å². The summed E-state index contributed by atoms with van der Waals surface area (Å²) in [7, 11) is 0. The minimum absolute atomic E-state index is 0.395. The molecule has 62 valence electrons. The standard InChI is InChI=1S/C9H11N3/c1-7-3-4-12-9(10-5-7)8(2)6-11-12/h3-7H,1-2H3. The quantitative estimate of drug-likeness (QED) is 0.572. The molecule has 0 saturated heterocycles. The molecule has 2 rings (SSSR count). The summed E-state index contributed by atoms with van der Waals surface area (Å²) in [5.41, 5.74) is 1.12. The summed E-state index contributed by atoms with van der Waals surface area (Å²) in [6, 6.07) is 0. The lowest BCUT2D eigenvalue weighted by molar-refractivity contribution is 0.931. The highest BCUT2D eigenvalue weighted by Crippen LogP contribution is 2.20. The normalized spacial score (nSPS) is 20.7. The average molecular weight is 161 g/mol. The highest BCUT2D eigenvalue weighted by atomic mass is 15.3. The molecule has 1 aliphatic heterocycles. The number of rotatable bonds is 0. The Balaban J connectivity index is 2.54. The predicted molar refractivity (Wildman–Crippen MR) is 49.6 cm³/mol. The molecule has 3 heteroatoms. The third-order valence-electron chi connectivity index (χ3n) is 1.91. The van der Waals surface area contributed by atoms with Gasteiger partial charge in [0.1, 0.15) is 0 Å². The molecule has 0 spiro atoms. The average Bonchev–Trinajstić information content (AvgIpc) is 2.28. The van der Waals surface area contributed by atoms with Crippen molar-refractivity contribution in [1.29, 1.82) is 0 Å². The zero-order valence-corrected chi connectivity index (χ0v) is 7.23. The van der Waals surface area contributed by atoms with E-state index < -0.39 is 0 Å². The predicted octanol–water partition coefficient (Wildman–Crippen LogP) is 2.01. The van der Waals surface area contributed by atoms with Gasteiger partial charge in [-0.15, -0.1) is 0 Å². The molecule has 1 aromatic heterocycles. The molecular formula is C9H11N3. The Hall–Kier alpha value is -1.38. The third kappa shape index (κ3) is 1.07. The smallest absolute Gasteiger partial charge is 0.157 e. The molecule has 12 heavy (non-hydrogen) atoms. The Kier molecular flexibility index (Phi) is 1.57. The summed E-state index contributed by atoms with van der Waals surface area (Å²) in [5, 5.41) is 4.17. The van der Waals surface area contributed by atoms with Gasteiger partial charge in [0.15, 0.2) is 5.82 Å². The van der Waals surface area contributed by atoms with E-state index in [1.165, 1.54) is 0 Å². The number of hydrogen-bond acceptors (Lipinski definition) is 2. The van der Waals surface area contributed by atoms with Crippen molar-refractivity contribution in [2.75, 3.05) is 0 Å². The highest BCUT2D eigenvalue weighted by molar-refractivity contribution is 5.70. The molecule has 0 aliphatic carbocycles. The lowest BCUT2D eigenvalue weighted by Gasteiger charge is -1.93. The van der Waals surface area contributed by atoms with E-state index in [9.17, 15) is 0 Å². The molecule has 1 atom stereocenters. The van der Waals surface area contributed by atoms with Crippen molar-refractivity contribution >= 4 is 18.2 Å². The van der Waals surface area contributed by atoms with Crippen LogP contribution in [0.4, 0.5) is 5.82 Å². The van der Waals surface area contributed by atoms with Crippen molar-refractivity contribution in [3.8, 4) is 0 Å². The van der Waals surface area contributed by atoms with Crippen LogP contribution in [0.5, 0.6) is 0 Å². The summed E-state index contributed by atoms with van der Waals surface area (Å²) in [6.07, 6.45) is 7.80. The fraction of sp³-hybridized carbons (Fsp3) is 0.333. The van der Waals surface area contributed by atoms with Crippen LogP contribution in [0.25, 0.3) is 6.20 Å². The molecule has 0 radical (unpaired) electrons. The van der Waals surface area contributed by atoms with E-state index in [1.54, 1.807) is 4.68 Å². The topological polar surface area (TPSA) is 30.2 Å². The van der Waals surface area contributed by atoms with Crippen LogP contribution in [0, 0.1) is 12.8 Å². The van der Waals surface area contributed by atoms with Crippen molar-refractivity contribution in [2.24, 2.45) is 10.9 Å². The van der Waals surface area contributed by atoms with Crippen LogP contribution in [-0.4, -0.2) is 16.0 Å². The molecule has 0 saturated carbocycles. The Morgan fingerprint density at radius 2 is 2.33 bits per heavy atom. The van der Waals surface area contributed by atoms with Gasteiger partial charge < -0.3 is 0 Å². The van der Waals surface area contributed by atoms with Gasteiger partial charge in [-0.05, 0) is 6.92 Å². The largest absolute Gasteiger partial charge is 0.241 e. The zero-order chi connectivity index (χ0) is 8.55. The molecule has 1 unspecified atom stereocenters. The van der Waals surface area contributed by atoms with Crippen LogP contribution in [0.3, 0.4) is 0 Å². The molecule has 3 nitrogen and oxygen atoms in total. The lowest BCUT2D eigenvalue weighted by atomic mass is 10.2. The molecule has 0 fully saturated rings. The fourth-order valence-electron chi connectivity index (χ4n) is 1.17.